The van der Waals surface area contributed by atoms with Crippen molar-refractivity contribution in [3.05, 3.63) is 70.8 Å². The maximum absolute atomic E-state index is 6.40. The van der Waals surface area contributed by atoms with E-state index >= 15 is 0 Å². The van der Waals surface area contributed by atoms with Crippen molar-refractivity contribution in [1.29, 1.82) is 0 Å². The average Bonchev–Trinajstić information content (AvgIpc) is 2.43. The van der Waals surface area contributed by atoms with Crippen molar-refractivity contribution in [3.8, 4) is 0 Å². The molecule has 0 saturated heterocycles. The highest BCUT2D eigenvalue weighted by Crippen LogP contribution is 2.33. The Bertz CT molecular complexity index is 622. The van der Waals surface area contributed by atoms with Gasteiger partial charge in [0, 0.05) is 6.42 Å². The molecule has 1 nitrogen and oxygen atoms in total. The molecular formula is C20H24O. The number of ether oxygens (including phenoxy) is 1. The van der Waals surface area contributed by atoms with E-state index in [4.69, 9.17) is 4.74 Å². The number of aryl methyl sites for hydroxylation is 2. The molecule has 110 valence electrons. The molecule has 1 aliphatic carbocycles. The Morgan fingerprint density at radius 1 is 0.810 bits per heavy atom. The summed E-state index contributed by atoms with van der Waals surface area (Å²) in [4.78, 5) is 0. The van der Waals surface area contributed by atoms with Gasteiger partial charge < -0.3 is 4.74 Å². The molecule has 1 atom stereocenters. The van der Waals surface area contributed by atoms with Crippen LogP contribution in [0.3, 0.4) is 0 Å². The van der Waals surface area contributed by atoms with Crippen molar-refractivity contribution in [2.45, 2.75) is 51.7 Å². The summed E-state index contributed by atoms with van der Waals surface area (Å²) in [7, 11) is 0. The number of fused-ring (bicyclic) bond motifs is 2. The van der Waals surface area contributed by atoms with Crippen LogP contribution in [0.4, 0.5) is 0 Å². The molecule has 2 aromatic carbocycles. The van der Waals surface area contributed by atoms with E-state index in [-0.39, 0.29) is 11.7 Å². The number of benzene rings is 2. The minimum absolute atomic E-state index is 0.133. The Morgan fingerprint density at radius 2 is 1.38 bits per heavy atom. The van der Waals surface area contributed by atoms with Gasteiger partial charge in [0.15, 0.2) is 0 Å². The van der Waals surface area contributed by atoms with Gasteiger partial charge in [0.2, 0.25) is 0 Å². The van der Waals surface area contributed by atoms with Crippen LogP contribution in [0.5, 0.6) is 0 Å². The van der Waals surface area contributed by atoms with E-state index in [0.29, 0.717) is 0 Å². The third-order valence-electron chi connectivity index (χ3n) is 4.09. The lowest BCUT2D eigenvalue weighted by atomic mass is 9.87. The molecule has 3 rings (SSSR count). The van der Waals surface area contributed by atoms with E-state index in [2.05, 4.69) is 69.3 Å². The molecule has 0 aromatic heterocycles. The third kappa shape index (κ3) is 3.36. The van der Waals surface area contributed by atoms with Crippen LogP contribution in [0.25, 0.3) is 0 Å². The summed E-state index contributed by atoms with van der Waals surface area (Å²) in [5.74, 6) is 0. The van der Waals surface area contributed by atoms with Gasteiger partial charge in [-0.05, 0) is 55.9 Å². The van der Waals surface area contributed by atoms with Gasteiger partial charge in [-0.15, -0.1) is 0 Å². The molecule has 0 heterocycles. The Kier molecular flexibility index (Phi) is 3.86. The van der Waals surface area contributed by atoms with Crippen LogP contribution < -0.4 is 0 Å². The summed E-state index contributed by atoms with van der Waals surface area (Å²) in [6.07, 6.45) is 3.32. The smallest absolute Gasteiger partial charge is 0.0875 e. The molecule has 0 radical (unpaired) electrons. The van der Waals surface area contributed by atoms with Crippen LogP contribution in [-0.4, -0.2) is 5.60 Å². The van der Waals surface area contributed by atoms with E-state index in [0.717, 1.165) is 19.3 Å². The van der Waals surface area contributed by atoms with Crippen molar-refractivity contribution in [2.75, 3.05) is 0 Å². The van der Waals surface area contributed by atoms with Gasteiger partial charge in [-0.1, -0.05) is 48.5 Å². The van der Waals surface area contributed by atoms with Crippen LogP contribution in [0, 0.1) is 0 Å². The zero-order valence-electron chi connectivity index (χ0n) is 13.2. The molecule has 21 heavy (non-hydrogen) atoms. The van der Waals surface area contributed by atoms with Gasteiger partial charge in [0.1, 0.15) is 0 Å². The highest BCUT2D eigenvalue weighted by molar-refractivity contribution is 5.37. The molecule has 2 aromatic rings. The molecule has 0 spiro atoms. The van der Waals surface area contributed by atoms with E-state index in [1.807, 2.05) is 0 Å². The predicted octanol–water partition coefficient (Wildman–Crippen LogP) is 4.88. The summed E-state index contributed by atoms with van der Waals surface area (Å²) in [5, 5.41) is 0. The second-order valence-corrected chi connectivity index (χ2v) is 6.89. The summed E-state index contributed by atoms with van der Waals surface area (Å²) in [6, 6.07) is 17.6. The molecule has 0 N–H and O–H groups in total. The topological polar surface area (TPSA) is 9.23 Å². The molecule has 0 bridgehead atoms. The fourth-order valence-corrected chi connectivity index (χ4v) is 3.19. The Hall–Kier alpha value is -1.60. The van der Waals surface area contributed by atoms with Crippen molar-refractivity contribution in [1.82, 2.24) is 0 Å². The maximum Gasteiger partial charge on any atom is 0.0875 e. The van der Waals surface area contributed by atoms with Gasteiger partial charge in [0.05, 0.1) is 11.7 Å². The lowest BCUT2D eigenvalue weighted by Gasteiger charge is -2.31. The third-order valence-corrected chi connectivity index (χ3v) is 4.09. The second kappa shape index (κ2) is 5.65. The van der Waals surface area contributed by atoms with Crippen LogP contribution in [-0.2, 0) is 24.0 Å². The molecule has 1 aliphatic rings. The molecule has 0 saturated carbocycles. The molecule has 0 amide bonds. The average molecular weight is 280 g/mol. The molecule has 1 unspecified atom stereocenters. The first-order valence-electron chi connectivity index (χ1n) is 7.85. The summed E-state index contributed by atoms with van der Waals surface area (Å²) in [6.45, 7) is 6.42. The zero-order valence-corrected chi connectivity index (χ0v) is 13.2. The molecule has 0 aliphatic heterocycles. The van der Waals surface area contributed by atoms with Crippen molar-refractivity contribution >= 4 is 0 Å². The van der Waals surface area contributed by atoms with Gasteiger partial charge in [-0.3, -0.25) is 0 Å². The maximum atomic E-state index is 6.40. The fraction of sp³-hybridized carbons (Fsp3) is 0.400. The van der Waals surface area contributed by atoms with E-state index in [9.17, 15) is 0 Å². The van der Waals surface area contributed by atoms with E-state index < -0.39 is 0 Å². The SMILES string of the molecule is CC(C)(C)OC1Cc2ccccc2CCc2ccccc21. The highest BCUT2D eigenvalue weighted by Gasteiger charge is 2.25. The van der Waals surface area contributed by atoms with Crippen LogP contribution in [0.2, 0.25) is 0 Å². The monoisotopic (exact) mass is 280 g/mol. The Balaban J connectivity index is 2.02. The highest BCUT2D eigenvalue weighted by atomic mass is 16.5. The van der Waals surface area contributed by atoms with Crippen LogP contribution >= 0.6 is 0 Å². The summed E-state index contributed by atoms with van der Waals surface area (Å²) < 4.78 is 6.40. The largest absolute Gasteiger partial charge is 0.368 e. The van der Waals surface area contributed by atoms with Crippen molar-refractivity contribution in [3.63, 3.8) is 0 Å². The second-order valence-electron chi connectivity index (χ2n) is 6.89. The van der Waals surface area contributed by atoms with Crippen molar-refractivity contribution in [2.24, 2.45) is 0 Å². The summed E-state index contributed by atoms with van der Waals surface area (Å²) >= 11 is 0. The lowest BCUT2D eigenvalue weighted by molar-refractivity contribution is -0.0619. The normalized spacial score (nSPS) is 18.3. The van der Waals surface area contributed by atoms with Crippen LogP contribution in [0.15, 0.2) is 48.5 Å². The minimum atomic E-state index is -0.133. The Morgan fingerprint density at radius 3 is 2.10 bits per heavy atom. The first kappa shape index (κ1) is 14.3. The van der Waals surface area contributed by atoms with Crippen LogP contribution in [0.1, 0.15) is 49.1 Å². The van der Waals surface area contributed by atoms with E-state index in [1.54, 1.807) is 0 Å². The Labute approximate surface area is 128 Å². The van der Waals surface area contributed by atoms with Gasteiger partial charge >= 0.3 is 0 Å². The zero-order chi connectivity index (χ0) is 14.9. The van der Waals surface area contributed by atoms with Gasteiger partial charge in [0.25, 0.3) is 0 Å². The molecular weight excluding hydrogens is 256 g/mol. The van der Waals surface area contributed by atoms with Gasteiger partial charge in [-0.2, -0.15) is 0 Å². The molecule has 1 heteroatoms. The van der Waals surface area contributed by atoms with Gasteiger partial charge in [-0.25, -0.2) is 0 Å². The predicted molar refractivity (Wildman–Crippen MR) is 87.6 cm³/mol. The first-order chi connectivity index (χ1) is 10.0. The number of hydrogen-bond donors (Lipinski definition) is 0. The standard InChI is InChI=1S/C20H24O/c1-20(2,3)21-19-14-17-10-5-4-8-15(17)12-13-16-9-6-7-11-18(16)19/h4-11,19H,12-14H2,1-3H3. The lowest BCUT2D eigenvalue weighted by Crippen LogP contribution is -2.25. The summed E-state index contributed by atoms with van der Waals surface area (Å²) in [5.41, 5.74) is 5.56. The van der Waals surface area contributed by atoms with Crippen molar-refractivity contribution < 1.29 is 4.74 Å². The number of hydrogen-bond acceptors (Lipinski definition) is 1. The minimum Gasteiger partial charge on any atom is -0.368 e. The fourth-order valence-electron chi connectivity index (χ4n) is 3.19. The molecule has 0 fully saturated rings. The van der Waals surface area contributed by atoms with E-state index in [1.165, 1.54) is 22.3 Å². The quantitative estimate of drug-likeness (QED) is 0.723. The first-order valence-corrected chi connectivity index (χ1v) is 7.85. The number of rotatable bonds is 1.